The van der Waals surface area contributed by atoms with E-state index in [4.69, 9.17) is 21.1 Å². The molecule has 1 aromatic heterocycles. The highest BCUT2D eigenvalue weighted by molar-refractivity contribution is 7.99. The first kappa shape index (κ1) is 23.3. The van der Waals surface area contributed by atoms with Crippen LogP contribution in [0.3, 0.4) is 0 Å². The number of carbonyl (C=O) groups excluding carboxylic acids is 1. The zero-order valence-electron chi connectivity index (χ0n) is 18.6. The monoisotopic (exact) mass is 487 g/mol. The van der Waals surface area contributed by atoms with Crippen molar-refractivity contribution < 1.29 is 14.3 Å². The van der Waals surface area contributed by atoms with Crippen molar-refractivity contribution in [3.8, 4) is 17.2 Å². The summed E-state index contributed by atoms with van der Waals surface area (Å²) in [6, 6.07) is 13.1. The molecule has 0 aliphatic carbocycles. The number of ether oxygens (including phenoxy) is 2. The maximum absolute atomic E-state index is 12.6. The molecular formula is C23H26ClN5O3S. The van der Waals surface area contributed by atoms with Gasteiger partial charge in [-0.25, -0.2) is 0 Å². The third-order valence-corrected chi connectivity index (χ3v) is 6.51. The number of hydrogen-bond acceptors (Lipinski definition) is 7. The normalized spacial score (nSPS) is 13.2. The molecule has 0 unspecified atom stereocenters. The number of halogens is 1. The molecule has 8 nitrogen and oxygen atoms in total. The fourth-order valence-corrected chi connectivity index (χ4v) is 4.65. The Labute approximate surface area is 202 Å². The van der Waals surface area contributed by atoms with Gasteiger partial charge < -0.3 is 19.7 Å². The van der Waals surface area contributed by atoms with E-state index in [1.807, 2.05) is 47.0 Å². The smallest absolute Gasteiger partial charge is 0.232 e. The average Bonchev–Trinajstić information content (AvgIpc) is 3.51. The van der Waals surface area contributed by atoms with Crippen molar-refractivity contribution in [3.63, 3.8) is 0 Å². The molecule has 3 aromatic rings. The molecule has 2 aromatic carbocycles. The van der Waals surface area contributed by atoms with Gasteiger partial charge in [-0.1, -0.05) is 35.5 Å². The van der Waals surface area contributed by atoms with Crippen LogP contribution in [0.5, 0.6) is 11.5 Å². The van der Waals surface area contributed by atoms with Gasteiger partial charge in [0.1, 0.15) is 0 Å². The first-order chi connectivity index (χ1) is 16.1. The minimum atomic E-state index is -0.0989. The molecule has 2 heterocycles. The minimum absolute atomic E-state index is 0.0989. The predicted molar refractivity (Wildman–Crippen MR) is 130 cm³/mol. The topological polar surface area (TPSA) is 81.5 Å². The first-order valence-electron chi connectivity index (χ1n) is 10.7. The van der Waals surface area contributed by atoms with Gasteiger partial charge >= 0.3 is 0 Å². The van der Waals surface area contributed by atoms with Gasteiger partial charge in [-0.05, 0) is 48.7 Å². The van der Waals surface area contributed by atoms with Crippen LogP contribution in [0.4, 0.5) is 5.95 Å². The molecule has 0 spiro atoms. The summed E-state index contributed by atoms with van der Waals surface area (Å²) < 4.78 is 12.6. The fraction of sp³-hybridized carbons (Fsp3) is 0.348. The number of benzene rings is 2. The van der Waals surface area contributed by atoms with E-state index in [1.54, 1.807) is 14.2 Å². The van der Waals surface area contributed by atoms with Gasteiger partial charge in [0.2, 0.25) is 11.9 Å². The van der Waals surface area contributed by atoms with E-state index in [9.17, 15) is 4.79 Å². The summed E-state index contributed by atoms with van der Waals surface area (Å²) in [5.41, 5.74) is 1.80. The first-order valence-corrected chi connectivity index (χ1v) is 12.0. The summed E-state index contributed by atoms with van der Waals surface area (Å²) in [4.78, 5) is 14.8. The lowest BCUT2D eigenvalue weighted by atomic mass is 10.2. The van der Waals surface area contributed by atoms with E-state index in [0.29, 0.717) is 28.2 Å². The van der Waals surface area contributed by atoms with Crippen molar-refractivity contribution >= 4 is 35.2 Å². The highest BCUT2D eigenvalue weighted by Crippen LogP contribution is 2.30. The summed E-state index contributed by atoms with van der Waals surface area (Å²) >= 11 is 7.59. The molecule has 0 bridgehead atoms. The second-order valence-electron chi connectivity index (χ2n) is 7.55. The molecule has 1 saturated heterocycles. The van der Waals surface area contributed by atoms with Crippen molar-refractivity contribution in [3.05, 3.63) is 53.1 Å². The Hall–Kier alpha value is -2.91. The largest absolute Gasteiger partial charge is 0.493 e. The molecule has 1 aliphatic rings. The number of nitrogens with one attached hydrogen (secondary N) is 1. The van der Waals surface area contributed by atoms with Crippen LogP contribution in [-0.2, 0) is 11.3 Å². The average molecular weight is 488 g/mol. The number of methoxy groups -OCH3 is 2. The van der Waals surface area contributed by atoms with Crippen LogP contribution in [0.2, 0.25) is 5.02 Å². The van der Waals surface area contributed by atoms with Gasteiger partial charge in [0.15, 0.2) is 16.7 Å². The molecule has 1 fully saturated rings. The van der Waals surface area contributed by atoms with Gasteiger partial charge in [0.05, 0.1) is 25.7 Å². The summed E-state index contributed by atoms with van der Waals surface area (Å²) in [5.74, 6) is 2.17. The van der Waals surface area contributed by atoms with E-state index in [0.717, 1.165) is 43.1 Å². The predicted octanol–water partition coefficient (Wildman–Crippen LogP) is 3.95. The molecular weight excluding hydrogens is 462 g/mol. The third-order valence-electron chi connectivity index (χ3n) is 5.34. The Morgan fingerprint density at radius 3 is 2.61 bits per heavy atom. The molecule has 0 atom stereocenters. The van der Waals surface area contributed by atoms with Crippen molar-refractivity contribution in [2.45, 2.75) is 24.5 Å². The number of hydrogen-bond donors (Lipinski definition) is 1. The maximum atomic E-state index is 12.6. The van der Waals surface area contributed by atoms with Gasteiger partial charge in [0, 0.05) is 24.7 Å². The highest BCUT2D eigenvalue weighted by Gasteiger charge is 2.23. The Bertz CT molecular complexity index is 1120. The van der Waals surface area contributed by atoms with E-state index in [1.165, 1.54) is 11.8 Å². The second-order valence-corrected chi connectivity index (χ2v) is 8.93. The van der Waals surface area contributed by atoms with Crippen LogP contribution in [0.15, 0.2) is 47.6 Å². The fourth-order valence-electron chi connectivity index (χ4n) is 3.69. The van der Waals surface area contributed by atoms with Gasteiger partial charge in [-0.2, -0.15) is 0 Å². The van der Waals surface area contributed by atoms with Crippen LogP contribution < -0.4 is 19.7 Å². The highest BCUT2D eigenvalue weighted by atomic mass is 35.5. The van der Waals surface area contributed by atoms with E-state index >= 15 is 0 Å². The van der Waals surface area contributed by atoms with Gasteiger partial charge in [0.25, 0.3) is 0 Å². The molecule has 1 aliphatic heterocycles. The van der Waals surface area contributed by atoms with Crippen LogP contribution in [0.1, 0.15) is 18.4 Å². The molecule has 174 valence electrons. The lowest BCUT2D eigenvalue weighted by Gasteiger charge is -2.18. The number of aromatic nitrogens is 3. The van der Waals surface area contributed by atoms with Crippen molar-refractivity contribution in [2.75, 3.05) is 38.0 Å². The molecule has 0 radical (unpaired) electrons. The Balaban J connectivity index is 1.44. The van der Waals surface area contributed by atoms with E-state index < -0.39 is 0 Å². The van der Waals surface area contributed by atoms with E-state index in [-0.39, 0.29) is 11.7 Å². The third kappa shape index (κ3) is 5.54. The van der Waals surface area contributed by atoms with Crippen LogP contribution >= 0.6 is 23.4 Å². The Kier molecular flexibility index (Phi) is 7.61. The lowest BCUT2D eigenvalue weighted by molar-refractivity contribution is -0.118. The number of nitrogens with zero attached hydrogens (tertiary/aromatic N) is 4. The minimum Gasteiger partial charge on any atom is -0.493 e. The zero-order valence-corrected chi connectivity index (χ0v) is 20.2. The number of thioether (sulfide) groups is 1. The number of anilines is 1. The van der Waals surface area contributed by atoms with E-state index in [2.05, 4.69) is 20.4 Å². The van der Waals surface area contributed by atoms with Crippen molar-refractivity contribution in [1.29, 1.82) is 0 Å². The number of amides is 1. The van der Waals surface area contributed by atoms with Crippen molar-refractivity contribution in [2.24, 2.45) is 0 Å². The lowest BCUT2D eigenvalue weighted by Crippen LogP contribution is -2.25. The molecule has 10 heteroatoms. The number of carbonyl (C=O) groups is 1. The van der Waals surface area contributed by atoms with Crippen LogP contribution in [0, 0.1) is 0 Å². The standard InChI is InChI=1S/C23H26ClN5O3S/c1-31-19-9-8-16(12-20(19)32-2)14-25-21(30)15-33-23-27-26-22(28-10-3-4-11-28)29(23)18-7-5-6-17(24)13-18/h5-9,12-13H,3-4,10-11,14-15H2,1-2H3,(H,25,30). The van der Waals surface area contributed by atoms with Crippen molar-refractivity contribution in [1.82, 2.24) is 20.1 Å². The summed E-state index contributed by atoms with van der Waals surface area (Å²) in [6.07, 6.45) is 2.26. The van der Waals surface area contributed by atoms with Crippen LogP contribution in [0.25, 0.3) is 5.69 Å². The molecule has 4 rings (SSSR count). The summed E-state index contributed by atoms with van der Waals surface area (Å²) in [6.45, 7) is 2.27. The van der Waals surface area contributed by atoms with Crippen LogP contribution in [-0.4, -0.2) is 53.7 Å². The number of rotatable bonds is 9. The van der Waals surface area contributed by atoms with Gasteiger partial charge in [-0.15, -0.1) is 10.2 Å². The Morgan fingerprint density at radius 1 is 1.09 bits per heavy atom. The summed E-state index contributed by atoms with van der Waals surface area (Å²) in [7, 11) is 3.18. The summed E-state index contributed by atoms with van der Waals surface area (Å²) in [5, 5.41) is 13.0. The SMILES string of the molecule is COc1ccc(CNC(=O)CSc2nnc(N3CCCC3)n2-c2cccc(Cl)c2)cc1OC. The Morgan fingerprint density at radius 2 is 1.88 bits per heavy atom. The molecule has 1 amide bonds. The molecule has 0 saturated carbocycles. The van der Waals surface area contributed by atoms with Gasteiger partial charge in [-0.3, -0.25) is 9.36 Å². The molecule has 33 heavy (non-hydrogen) atoms. The molecule has 1 N–H and O–H groups in total. The maximum Gasteiger partial charge on any atom is 0.232 e. The zero-order chi connectivity index (χ0) is 23.2. The quantitative estimate of drug-likeness (QED) is 0.458. The second kappa shape index (κ2) is 10.8.